The van der Waals surface area contributed by atoms with Crippen LogP contribution in [0.3, 0.4) is 0 Å². The number of aliphatic hydroxyl groups is 1. The SMILES string of the molecule is CC1(C)OCC(CNC(=O)CCOCCO)O1. The van der Waals surface area contributed by atoms with E-state index in [0.29, 0.717) is 19.8 Å². The zero-order chi connectivity index (χ0) is 12.7. The normalized spacial score (nSPS) is 22.6. The fraction of sp³-hybridized carbons (Fsp3) is 0.909. The first kappa shape index (κ1) is 14.4. The predicted octanol–water partition coefficient (Wildman–Crippen LogP) is -0.347. The van der Waals surface area contributed by atoms with Crippen molar-refractivity contribution in [1.29, 1.82) is 0 Å². The Morgan fingerprint density at radius 1 is 1.53 bits per heavy atom. The topological polar surface area (TPSA) is 77.0 Å². The average Bonchev–Trinajstić information content (AvgIpc) is 2.62. The van der Waals surface area contributed by atoms with Crippen LogP contribution in [-0.2, 0) is 19.0 Å². The van der Waals surface area contributed by atoms with Gasteiger partial charge in [-0.05, 0) is 13.8 Å². The Bertz CT molecular complexity index is 244. The van der Waals surface area contributed by atoms with Crippen molar-refractivity contribution in [3.8, 4) is 0 Å². The van der Waals surface area contributed by atoms with Crippen molar-refractivity contribution in [2.75, 3.05) is 33.0 Å². The molecule has 1 heterocycles. The Balaban J connectivity index is 2.04. The Kier molecular flexibility index (Phi) is 5.84. The van der Waals surface area contributed by atoms with E-state index in [9.17, 15) is 4.79 Å². The molecule has 1 unspecified atom stereocenters. The highest BCUT2D eigenvalue weighted by atomic mass is 16.7. The molecule has 17 heavy (non-hydrogen) atoms. The monoisotopic (exact) mass is 247 g/mol. The van der Waals surface area contributed by atoms with Gasteiger partial charge in [-0.2, -0.15) is 0 Å². The summed E-state index contributed by atoms with van der Waals surface area (Å²) in [6.07, 6.45) is 0.198. The van der Waals surface area contributed by atoms with Gasteiger partial charge >= 0.3 is 0 Å². The maximum absolute atomic E-state index is 11.4. The Hall–Kier alpha value is -0.690. The van der Waals surface area contributed by atoms with Gasteiger partial charge in [0.25, 0.3) is 0 Å². The van der Waals surface area contributed by atoms with E-state index in [1.165, 1.54) is 0 Å². The molecule has 6 heteroatoms. The highest BCUT2D eigenvalue weighted by Crippen LogP contribution is 2.21. The van der Waals surface area contributed by atoms with E-state index < -0.39 is 5.79 Å². The summed E-state index contributed by atoms with van der Waals surface area (Å²) in [7, 11) is 0. The Morgan fingerprint density at radius 3 is 2.88 bits per heavy atom. The van der Waals surface area contributed by atoms with Crippen LogP contribution in [0.15, 0.2) is 0 Å². The van der Waals surface area contributed by atoms with E-state index in [-0.39, 0.29) is 31.6 Å². The van der Waals surface area contributed by atoms with Crippen LogP contribution in [0.25, 0.3) is 0 Å². The molecule has 0 spiro atoms. The van der Waals surface area contributed by atoms with E-state index in [4.69, 9.17) is 19.3 Å². The van der Waals surface area contributed by atoms with Gasteiger partial charge in [0.1, 0.15) is 6.10 Å². The second-order valence-corrected chi connectivity index (χ2v) is 4.34. The predicted molar refractivity (Wildman–Crippen MR) is 60.4 cm³/mol. The minimum atomic E-state index is -0.556. The molecule has 0 aliphatic carbocycles. The number of nitrogens with one attached hydrogen (secondary N) is 1. The fourth-order valence-electron chi connectivity index (χ4n) is 1.51. The van der Waals surface area contributed by atoms with E-state index in [2.05, 4.69) is 5.32 Å². The van der Waals surface area contributed by atoms with Crippen molar-refractivity contribution in [2.45, 2.75) is 32.2 Å². The first-order chi connectivity index (χ1) is 8.03. The van der Waals surface area contributed by atoms with Crippen LogP contribution < -0.4 is 5.32 Å². The molecule has 0 aromatic rings. The third-order valence-corrected chi connectivity index (χ3v) is 2.30. The molecule has 1 saturated heterocycles. The second kappa shape index (κ2) is 6.90. The lowest BCUT2D eigenvalue weighted by atomic mass is 10.3. The van der Waals surface area contributed by atoms with Gasteiger partial charge in [-0.15, -0.1) is 0 Å². The van der Waals surface area contributed by atoms with E-state index in [1.54, 1.807) is 0 Å². The summed E-state index contributed by atoms with van der Waals surface area (Å²) in [4.78, 5) is 11.4. The van der Waals surface area contributed by atoms with Crippen molar-refractivity contribution in [3.63, 3.8) is 0 Å². The van der Waals surface area contributed by atoms with Gasteiger partial charge in [0.2, 0.25) is 5.91 Å². The third-order valence-electron chi connectivity index (χ3n) is 2.30. The molecule has 1 aliphatic heterocycles. The zero-order valence-electron chi connectivity index (χ0n) is 10.4. The van der Waals surface area contributed by atoms with Crippen LogP contribution in [0.2, 0.25) is 0 Å². The van der Waals surface area contributed by atoms with Crippen molar-refractivity contribution in [1.82, 2.24) is 5.32 Å². The van der Waals surface area contributed by atoms with Crippen molar-refractivity contribution < 1.29 is 24.1 Å². The number of aliphatic hydroxyl groups excluding tert-OH is 1. The Morgan fingerprint density at radius 2 is 2.29 bits per heavy atom. The summed E-state index contributed by atoms with van der Waals surface area (Å²) >= 11 is 0. The molecular formula is C11H21NO5. The number of carbonyl (C=O) groups excluding carboxylic acids is 1. The minimum Gasteiger partial charge on any atom is -0.394 e. The molecule has 0 radical (unpaired) electrons. The fourth-order valence-corrected chi connectivity index (χ4v) is 1.51. The first-order valence-electron chi connectivity index (χ1n) is 5.80. The molecule has 0 saturated carbocycles. The first-order valence-corrected chi connectivity index (χ1v) is 5.80. The molecule has 1 aliphatic rings. The second-order valence-electron chi connectivity index (χ2n) is 4.34. The summed E-state index contributed by atoms with van der Waals surface area (Å²) in [5.74, 6) is -0.643. The number of carbonyl (C=O) groups is 1. The molecular weight excluding hydrogens is 226 g/mol. The van der Waals surface area contributed by atoms with Gasteiger partial charge in [0.05, 0.1) is 26.4 Å². The summed E-state index contributed by atoms with van der Waals surface area (Å²) in [6, 6.07) is 0. The van der Waals surface area contributed by atoms with Crippen LogP contribution in [0.4, 0.5) is 0 Å². The molecule has 100 valence electrons. The molecule has 2 N–H and O–H groups in total. The van der Waals surface area contributed by atoms with Crippen LogP contribution in [0.5, 0.6) is 0 Å². The summed E-state index contributed by atoms with van der Waals surface area (Å²) in [5, 5.41) is 11.2. The molecule has 6 nitrogen and oxygen atoms in total. The average molecular weight is 247 g/mol. The van der Waals surface area contributed by atoms with Gasteiger partial charge in [0, 0.05) is 13.0 Å². The quantitative estimate of drug-likeness (QED) is 0.601. The lowest BCUT2D eigenvalue weighted by Crippen LogP contribution is -2.34. The van der Waals surface area contributed by atoms with Crippen LogP contribution in [0.1, 0.15) is 20.3 Å². The number of hydrogen-bond acceptors (Lipinski definition) is 5. The number of rotatable bonds is 7. The van der Waals surface area contributed by atoms with Crippen LogP contribution >= 0.6 is 0 Å². The van der Waals surface area contributed by atoms with Gasteiger partial charge < -0.3 is 24.6 Å². The van der Waals surface area contributed by atoms with E-state index in [1.807, 2.05) is 13.8 Å². The van der Waals surface area contributed by atoms with Crippen molar-refractivity contribution in [3.05, 3.63) is 0 Å². The smallest absolute Gasteiger partial charge is 0.222 e. The minimum absolute atomic E-state index is 0.0239. The number of hydrogen-bond donors (Lipinski definition) is 2. The lowest BCUT2D eigenvalue weighted by molar-refractivity contribution is -0.139. The maximum atomic E-state index is 11.4. The molecule has 1 rings (SSSR count). The molecule has 0 aromatic carbocycles. The largest absolute Gasteiger partial charge is 0.394 e. The maximum Gasteiger partial charge on any atom is 0.222 e. The summed E-state index contributed by atoms with van der Waals surface area (Å²) < 4.78 is 15.9. The van der Waals surface area contributed by atoms with E-state index in [0.717, 1.165) is 0 Å². The molecule has 0 bridgehead atoms. The standard InChI is InChI=1S/C11H21NO5/c1-11(2)16-8-9(17-11)7-12-10(14)3-5-15-6-4-13/h9,13H,3-8H2,1-2H3,(H,12,14). The van der Waals surface area contributed by atoms with Gasteiger partial charge in [-0.25, -0.2) is 0 Å². The zero-order valence-corrected chi connectivity index (χ0v) is 10.4. The molecule has 1 atom stereocenters. The van der Waals surface area contributed by atoms with Gasteiger partial charge in [0.15, 0.2) is 5.79 Å². The van der Waals surface area contributed by atoms with Crippen molar-refractivity contribution in [2.24, 2.45) is 0 Å². The van der Waals surface area contributed by atoms with Crippen molar-refractivity contribution >= 4 is 5.91 Å². The third kappa shape index (κ3) is 5.97. The highest BCUT2D eigenvalue weighted by Gasteiger charge is 2.32. The molecule has 1 fully saturated rings. The Labute approximate surface area is 101 Å². The molecule has 0 aromatic heterocycles. The molecule has 1 amide bonds. The summed E-state index contributed by atoms with van der Waals surface area (Å²) in [6.45, 7) is 5.19. The van der Waals surface area contributed by atoms with Crippen LogP contribution in [-0.4, -0.2) is 55.9 Å². The van der Waals surface area contributed by atoms with E-state index >= 15 is 0 Å². The van der Waals surface area contributed by atoms with Crippen LogP contribution in [0, 0.1) is 0 Å². The highest BCUT2D eigenvalue weighted by molar-refractivity contribution is 5.75. The van der Waals surface area contributed by atoms with Gasteiger partial charge in [-0.3, -0.25) is 4.79 Å². The lowest BCUT2D eigenvalue weighted by Gasteiger charge is -2.17. The number of ether oxygens (including phenoxy) is 3. The number of amides is 1. The van der Waals surface area contributed by atoms with Gasteiger partial charge in [-0.1, -0.05) is 0 Å². The summed E-state index contributed by atoms with van der Waals surface area (Å²) in [5.41, 5.74) is 0.